The van der Waals surface area contributed by atoms with E-state index in [-0.39, 0.29) is 22.4 Å². The Hall–Kier alpha value is 0.200. The van der Waals surface area contributed by atoms with Crippen LogP contribution in [-0.2, 0) is 36.8 Å². The molecule has 0 rings (SSSR count). The van der Waals surface area contributed by atoms with E-state index in [9.17, 15) is 14.4 Å². The van der Waals surface area contributed by atoms with Crippen LogP contribution in [0.1, 0.15) is 77.0 Å². The quantitative estimate of drug-likeness (QED) is 0.0881. The van der Waals surface area contributed by atoms with Gasteiger partial charge in [0.25, 0.3) is 0 Å². The first-order valence-corrected chi connectivity index (χ1v) is 11.2. The summed E-state index contributed by atoms with van der Waals surface area (Å²) in [4.78, 5) is 29.8. The van der Waals surface area contributed by atoms with Crippen LogP contribution in [0.3, 0.4) is 0 Å². The van der Waals surface area contributed by atoms with Gasteiger partial charge in [-0.2, -0.15) is 37.9 Å². The van der Waals surface area contributed by atoms with E-state index in [1.54, 1.807) is 0 Å². The maximum absolute atomic E-state index is 9.94. The van der Waals surface area contributed by atoms with Gasteiger partial charge in [0, 0.05) is 41.6 Å². The van der Waals surface area contributed by atoms with Crippen molar-refractivity contribution in [3.05, 3.63) is 0 Å². The molecule has 0 aromatic rings. The third-order valence-electron chi connectivity index (χ3n) is 3.15. The summed E-state index contributed by atoms with van der Waals surface area (Å²) in [5.74, 6) is 0.483. The number of rotatable bonds is 15. The average molecular weight is 642 g/mol. The summed E-state index contributed by atoms with van der Waals surface area (Å²) in [5.41, 5.74) is 0. The van der Waals surface area contributed by atoms with E-state index in [0.29, 0.717) is 19.3 Å². The molecule has 0 aliphatic rings. The van der Waals surface area contributed by atoms with E-state index in [1.165, 1.54) is 0 Å². The van der Waals surface area contributed by atoms with Gasteiger partial charge in [0.1, 0.15) is 0 Å². The zero-order valence-electron chi connectivity index (χ0n) is 16.3. The molecule has 0 spiro atoms. The molecule has 0 aliphatic carbocycles. The molecule has 0 unspecified atom stereocenters. The zero-order valence-corrected chi connectivity index (χ0v) is 21.2. The van der Waals surface area contributed by atoms with Crippen LogP contribution < -0.4 is 0 Å². The smallest absolute Gasteiger partial charge is 0.303 e. The van der Waals surface area contributed by atoms with Gasteiger partial charge in [0.2, 0.25) is 0 Å². The Morgan fingerprint density at radius 3 is 0.821 bits per heavy atom. The minimum atomic E-state index is -0.700. The van der Waals surface area contributed by atoms with Crippen LogP contribution in [0.25, 0.3) is 0 Å². The van der Waals surface area contributed by atoms with Crippen molar-refractivity contribution >= 4 is 55.8 Å². The molecule has 0 aromatic heterocycles. The predicted molar refractivity (Wildman–Crippen MR) is 120 cm³/mol. The Kier molecular flexibility index (Phi) is 40.6. The van der Waals surface area contributed by atoms with E-state index in [4.69, 9.17) is 15.3 Å². The topological polar surface area (TPSA) is 112 Å². The third-order valence-corrected chi connectivity index (χ3v) is 4.09. The first kappa shape index (κ1) is 35.6. The van der Waals surface area contributed by atoms with Gasteiger partial charge < -0.3 is 15.3 Å². The number of unbranched alkanes of at least 4 members (excludes halogenated alkanes) is 6. The molecule has 28 heavy (non-hydrogen) atoms. The Morgan fingerprint density at radius 2 is 0.679 bits per heavy atom. The SMILES string of the molecule is O=C(O)CCCCCS.O=C(O)CCCCCS.O=C(O)CCCCCS.[Au]. The van der Waals surface area contributed by atoms with Gasteiger partial charge in [0.15, 0.2) is 0 Å². The summed E-state index contributed by atoms with van der Waals surface area (Å²) < 4.78 is 0. The molecule has 0 saturated heterocycles. The summed E-state index contributed by atoms with van der Waals surface area (Å²) in [6, 6.07) is 0. The van der Waals surface area contributed by atoms with Crippen LogP contribution in [0.15, 0.2) is 0 Å². The first-order valence-electron chi connectivity index (χ1n) is 9.29. The fourth-order valence-electron chi connectivity index (χ4n) is 1.69. The van der Waals surface area contributed by atoms with Crippen LogP contribution in [0, 0.1) is 0 Å². The molecule has 6 nitrogen and oxygen atoms in total. The molecular weight excluding hydrogens is 605 g/mol. The summed E-state index contributed by atoms with van der Waals surface area (Å²) in [6.45, 7) is 0. The number of hydrogen-bond donors (Lipinski definition) is 6. The van der Waals surface area contributed by atoms with Crippen molar-refractivity contribution in [3.8, 4) is 0 Å². The number of hydrogen-bond acceptors (Lipinski definition) is 6. The molecule has 0 atom stereocenters. The van der Waals surface area contributed by atoms with Crippen LogP contribution in [0.2, 0.25) is 0 Å². The maximum Gasteiger partial charge on any atom is 0.303 e. The number of carboxylic acid groups (broad SMARTS) is 3. The van der Waals surface area contributed by atoms with Crippen molar-refractivity contribution in [2.75, 3.05) is 17.3 Å². The van der Waals surface area contributed by atoms with Gasteiger partial charge in [-0.15, -0.1) is 0 Å². The van der Waals surface area contributed by atoms with Crippen molar-refractivity contribution in [3.63, 3.8) is 0 Å². The van der Waals surface area contributed by atoms with E-state index in [0.717, 1.165) is 75.0 Å². The van der Waals surface area contributed by atoms with Crippen LogP contribution in [-0.4, -0.2) is 50.5 Å². The second-order valence-corrected chi connectivity index (χ2v) is 7.13. The van der Waals surface area contributed by atoms with Crippen molar-refractivity contribution in [1.29, 1.82) is 0 Å². The number of thiol groups is 3. The van der Waals surface area contributed by atoms with E-state index < -0.39 is 17.9 Å². The van der Waals surface area contributed by atoms with E-state index >= 15 is 0 Å². The molecule has 0 fully saturated rings. The fourth-order valence-corrected chi connectivity index (χ4v) is 2.37. The van der Waals surface area contributed by atoms with Gasteiger partial charge >= 0.3 is 17.9 Å². The number of carboxylic acids is 3. The van der Waals surface area contributed by atoms with Crippen LogP contribution >= 0.6 is 37.9 Å². The Balaban J connectivity index is -0.000000152. The molecular formula is C18H36AuO6S3. The Labute approximate surface area is 201 Å². The van der Waals surface area contributed by atoms with Crippen molar-refractivity contribution in [2.45, 2.75) is 77.0 Å². The number of carbonyl (C=O) groups is 3. The fraction of sp³-hybridized carbons (Fsp3) is 0.833. The van der Waals surface area contributed by atoms with Crippen LogP contribution in [0.5, 0.6) is 0 Å². The summed E-state index contributed by atoms with van der Waals surface area (Å²) >= 11 is 12.0. The Morgan fingerprint density at radius 1 is 0.464 bits per heavy atom. The molecule has 173 valence electrons. The molecule has 3 N–H and O–H groups in total. The monoisotopic (exact) mass is 641 g/mol. The molecule has 0 aromatic carbocycles. The molecule has 0 saturated carbocycles. The van der Waals surface area contributed by atoms with Gasteiger partial charge in [-0.25, -0.2) is 0 Å². The number of aliphatic carboxylic acids is 3. The molecule has 0 amide bonds. The van der Waals surface area contributed by atoms with E-state index in [1.807, 2.05) is 0 Å². The first-order chi connectivity index (χ1) is 12.8. The third kappa shape index (κ3) is 50.2. The molecule has 1 radical (unpaired) electrons. The minimum Gasteiger partial charge on any atom is -0.481 e. The summed E-state index contributed by atoms with van der Waals surface area (Å²) in [5, 5.41) is 24.6. The van der Waals surface area contributed by atoms with Crippen LogP contribution in [0.4, 0.5) is 0 Å². The second-order valence-electron chi connectivity index (χ2n) is 5.78. The van der Waals surface area contributed by atoms with Crippen molar-refractivity contribution < 1.29 is 52.1 Å². The van der Waals surface area contributed by atoms with E-state index in [2.05, 4.69) is 37.9 Å². The minimum absolute atomic E-state index is 0. The second kappa shape index (κ2) is 31.9. The Bertz CT molecular complexity index is 308. The molecule has 10 heteroatoms. The summed E-state index contributed by atoms with van der Waals surface area (Å²) in [6.07, 6.45) is 9.28. The van der Waals surface area contributed by atoms with Crippen molar-refractivity contribution in [1.82, 2.24) is 0 Å². The van der Waals surface area contributed by atoms with Crippen molar-refractivity contribution in [2.24, 2.45) is 0 Å². The largest absolute Gasteiger partial charge is 0.481 e. The summed E-state index contributed by atoms with van der Waals surface area (Å²) in [7, 11) is 0. The molecule has 0 bridgehead atoms. The average Bonchev–Trinajstić information content (AvgIpc) is 2.60. The van der Waals surface area contributed by atoms with Gasteiger partial charge in [-0.1, -0.05) is 19.3 Å². The molecule has 0 heterocycles. The normalized spacial score (nSPS) is 9.11. The van der Waals surface area contributed by atoms with Gasteiger partial charge in [-0.05, 0) is 55.8 Å². The zero-order chi connectivity index (χ0) is 21.3. The predicted octanol–water partition coefficient (Wildman–Crippen LogP) is 4.68. The standard InChI is InChI=1S/3C6H12O2S.Au/c3*7-6(8)4-2-1-3-5-9;/h3*9H,1-5H2,(H,7,8);. The maximum atomic E-state index is 9.94. The van der Waals surface area contributed by atoms with Gasteiger partial charge in [-0.3, -0.25) is 14.4 Å². The van der Waals surface area contributed by atoms with Gasteiger partial charge in [0.05, 0.1) is 0 Å². The molecule has 0 aliphatic heterocycles.